The fourth-order valence-electron chi connectivity index (χ4n) is 1.44. The molecule has 0 unspecified atom stereocenters. The van der Waals surface area contributed by atoms with Gasteiger partial charge in [0, 0.05) is 13.1 Å². The Morgan fingerprint density at radius 3 is 2.89 bits per heavy atom. The van der Waals surface area contributed by atoms with Gasteiger partial charge in [-0.25, -0.2) is 0 Å². The molecule has 0 spiro atoms. The Kier molecular flexibility index (Phi) is 3.91. The lowest BCUT2D eigenvalue weighted by molar-refractivity contribution is -0.386. The predicted molar refractivity (Wildman–Crippen MR) is 71.6 cm³/mol. The van der Waals surface area contributed by atoms with Gasteiger partial charge in [0.2, 0.25) is 5.13 Å². The van der Waals surface area contributed by atoms with Crippen molar-refractivity contribution in [3.8, 4) is 5.75 Å². The number of hydrogen-bond donors (Lipinski definition) is 1. The summed E-state index contributed by atoms with van der Waals surface area (Å²) in [7, 11) is 1.75. The zero-order valence-corrected chi connectivity index (χ0v) is 11.2. The summed E-state index contributed by atoms with van der Waals surface area (Å²) < 4.78 is 5.46. The normalized spacial score (nSPS) is 10.2. The van der Waals surface area contributed by atoms with E-state index in [1.165, 1.54) is 17.4 Å². The van der Waals surface area contributed by atoms with E-state index in [-0.39, 0.29) is 18.0 Å². The third-order valence-corrected chi connectivity index (χ3v) is 3.26. The lowest BCUT2D eigenvalue weighted by atomic mass is 10.2. The van der Waals surface area contributed by atoms with Crippen molar-refractivity contribution in [2.24, 2.45) is 0 Å². The molecule has 0 aliphatic carbocycles. The van der Waals surface area contributed by atoms with Crippen molar-refractivity contribution in [2.45, 2.75) is 13.5 Å². The smallest absolute Gasteiger partial charge is 0.310 e. The number of hydrogen-bond acceptors (Lipinski definition) is 7. The van der Waals surface area contributed by atoms with E-state index in [0.717, 1.165) is 5.56 Å². The maximum absolute atomic E-state index is 10.9. The molecule has 0 saturated heterocycles. The van der Waals surface area contributed by atoms with E-state index in [4.69, 9.17) is 4.74 Å². The lowest BCUT2D eigenvalue weighted by Gasteiger charge is -2.05. The van der Waals surface area contributed by atoms with Gasteiger partial charge in [-0.1, -0.05) is 17.4 Å². The predicted octanol–water partition coefficient (Wildman–Crippen LogP) is 2.38. The van der Waals surface area contributed by atoms with Crippen LogP contribution in [0.5, 0.6) is 5.75 Å². The Balaban J connectivity index is 2.14. The molecule has 0 amide bonds. The third-order valence-electron chi connectivity index (χ3n) is 2.34. The fourth-order valence-corrected chi connectivity index (χ4v) is 2.05. The molecule has 0 atom stereocenters. The minimum Gasteiger partial charge on any atom is -0.479 e. The minimum atomic E-state index is -0.464. The summed E-state index contributed by atoms with van der Waals surface area (Å²) >= 11 is 1.34. The molecule has 1 heterocycles. The molecule has 0 aliphatic rings. The Morgan fingerprint density at radius 2 is 2.26 bits per heavy atom. The van der Waals surface area contributed by atoms with Crippen LogP contribution < -0.4 is 10.1 Å². The Hall–Kier alpha value is -2.22. The molecule has 8 heteroatoms. The Morgan fingerprint density at radius 1 is 1.47 bits per heavy atom. The Bertz CT molecular complexity index is 599. The molecule has 1 aromatic heterocycles. The first kappa shape index (κ1) is 13.2. The third kappa shape index (κ3) is 3.16. The van der Waals surface area contributed by atoms with E-state index in [1.807, 2.05) is 6.92 Å². The number of nitrogens with one attached hydrogen (secondary N) is 1. The first-order valence-electron chi connectivity index (χ1n) is 5.48. The van der Waals surface area contributed by atoms with Crippen LogP contribution >= 0.6 is 11.3 Å². The first-order chi connectivity index (χ1) is 9.10. The average Bonchev–Trinajstić information content (AvgIpc) is 2.84. The van der Waals surface area contributed by atoms with Crippen LogP contribution in [0.3, 0.4) is 0 Å². The van der Waals surface area contributed by atoms with E-state index in [2.05, 4.69) is 15.5 Å². The summed E-state index contributed by atoms with van der Waals surface area (Å²) in [6.45, 7) is 2.00. The zero-order valence-electron chi connectivity index (χ0n) is 10.4. The highest BCUT2D eigenvalue weighted by Crippen LogP contribution is 2.29. The van der Waals surface area contributed by atoms with E-state index >= 15 is 0 Å². The van der Waals surface area contributed by atoms with Crippen LogP contribution in [0.4, 0.5) is 10.8 Å². The zero-order chi connectivity index (χ0) is 13.8. The molecule has 100 valence electrons. The van der Waals surface area contributed by atoms with Gasteiger partial charge in [-0.3, -0.25) is 10.1 Å². The van der Waals surface area contributed by atoms with Crippen molar-refractivity contribution in [1.29, 1.82) is 0 Å². The molecule has 19 heavy (non-hydrogen) atoms. The van der Waals surface area contributed by atoms with Crippen molar-refractivity contribution >= 4 is 22.2 Å². The molecule has 0 saturated carbocycles. The lowest BCUT2D eigenvalue weighted by Crippen LogP contribution is -1.99. The van der Waals surface area contributed by atoms with Gasteiger partial charge in [0.15, 0.2) is 10.8 Å². The highest BCUT2D eigenvalue weighted by Gasteiger charge is 2.15. The fraction of sp³-hybridized carbons (Fsp3) is 0.273. The molecule has 7 nitrogen and oxygen atoms in total. The van der Waals surface area contributed by atoms with Gasteiger partial charge >= 0.3 is 5.69 Å². The molecule has 1 aromatic carbocycles. The number of aryl methyl sites for hydroxylation is 1. The van der Waals surface area contributed by atoms with Crippen molar-refractivity contribution in [1.82, 2.24) is 10.2 Å². The molecular weight excluding hydrogens is 268 g/mol. The first-order valence-corrected chi connectivity index (χ1v) is 6.30. The molecule has 2 rings (SSSR count). The number of nitrogens with zero attached hydrogens (tertiary/aromatic N) is 3. The maximum Gasteiger partial charge on any atom is 0.310 e. The number of nitro groups is 1. The number of anilines is 1. The molecule has 2 aromatic rings. The second-order valence-corrected chi connectivity index (χ2v) is 4.83. The van der Waals surface area contributed by atoms with Crippen molar-refractivity contribution in [2.75, 3.05) is 12.4 Å². The van der Waals surface area contributed by atoms with E-state index in [0.29, 0.717) is 10.1 Å². The average molecular weight is 280 g/mol. The monoisotopic (exact) mass is 280 g/mol. The summed E-state index contributed by atoms with van der Waals surface area (Å²) in [6, 6.07) is 4.75. The van der Waals surface area contributed by atoms with E-state index < -0.39 is 4.92 Å². The summed E-state index contributed by atoms with van der Waals surface area (Å²) in [5, 5.41) is 22.9. The molecular formula is C11H12N4O3S. The van der Waals surface area contributed by atoms with Crippen LogP contribution in [0, 0.1) is 17.0 Å². The van der Waals surface area contributed by atoms with Gasteiger partial charge in [0.1, 0.15) is 6.61 Å². The molecule has 0 fully saturated rings. The molecule has 0 aliphatic heterocycles. The van der Waals surface area contributed by atoms with Crippen LogP contribution in [-0.2, 0) is 6.61 Å². The molecule has 0 radical (unpaired) electrons. The van der Waals surface area contributed by atoms with E-state index in [9.17, 15) is 10.1 Å². The van der Waals surface area contributed by atoms with Gasteiger partial charge in [-0.2, -0.15) is 0 Å². The standard InChI is InChI=1S/C11H12N4O3S/c1-7-3-4-8(15(16)17)9(5-7)18-6-10-13-14-11(12-2)19-10/h3-5H,6H2,1-2H3,(H,12,14). The maximum atomic E-state index is 10.9. The number of aromatic nitrogens is 2. The highest BCUT2D eigenvalue weighted by molar-refractivity contribution is 7.15. The highest BCUT2D eigenvalue weighted by atomic mass is 32.1. The van der Waals surface area contributed by atoms with Crippen molar-refractivity contribution in [3.63, 3.8) is 0 Å². The SMILES string of the molecule is CNc1nnc(COc2cc(C)ccc2[N+](=O)[O-])s1. The van der Waals surface area contributed by atoms with Crippen LogP contribution in [-0.4, -0.2) is 22.2 Å². The Labute approximate surface area is 113 Å². The number of ether oxygens (including phenoxy) is 1. The van der Waals surface area contributed by atoms with Crippen LogP contribution in [0.1, 0.15) is 10.6 Å². The quantitative estimate of drug-likeness (QED) is 0.668. The summed E-state index contributed by atoms with van der Waals surface area (Å²) in [5.41, 5.74) is 0.845. The number of nitro benzene ring substituents is 1. The van der Waals surface area contributed by atoms with Crippen LogP contribution in [0.2, 0.25) is 0 Å². The topological polar surface area (TPSA) is 90.2 Å². The molecule has 1 N–H and O–H groups in total. The minimum absolute atomic E-state index is 0.0519. The van der Waals surface area contributed by atoms with Gasteiger partial charge in [0.25, 0.3) is 0 Å². The van der Waals surface area contributed by atoms with Crippen molar-refractivity contribution in [3.05, 3.63) is 38.9 Å². The van der Waals surface area contributed by atoms with Gasteiger partial charge in [-0.15, -0.1) is 10.2 Å². The summed E-state index contributed by atoms with van der Waals surface area (Å²) in [4.78, 5) is 10.4. The summed E-state index contributed by atoms with van der Waals surface area (Å²) in [6.07, 6.45) is 0. The van der Waals surface area contributed by atoms with Gasteiger partial charge in [-0.05, 0) is 18.6 Å². The van der Waals surface area contributed by atoms with Gasteiger partial charge < -0.3 is 10.1 Å². The number of benzene rings is 1. The number of rotatable bonds is 5. The molecule has 0 bridgehead atoms. The van der Waals surface area contributed by atoms with Crippen LogP contribution in [0.25, 0.3) is 0 Å². The van der Waals surface area contributed by atoms with Gasteiger partial charge in [0.05, 0.1) is 4.92 Å². The van der Waals surface area contributed by atoms with Crippen LogP contribution in [0.15, 0.2) is 18.2 Å². The van der Waals surface area contributed by atoms with E-state index in [1.54, 1.807) is 19.2 Å². The van der Waals surface area contributed by atoms with Crippen molar-refractivity contribution < 1.29 is 9.66 Å². The summed E-state index contributed by atoms with van der Waals surface area (Å²) in [5.74, 6) is 0.242. The second kappa shape index (κ2) is 5.61. The largest absolute Gasteiger partial charge is 0.479 e. The second-order valence-electron chi connectivity index (χ2n) is 3.77.